The van der Waals surface area contributed by atoms with E-state index in [0.717, 1.165) is 16.8 Å². The van der Waals surface area contributed by atoms with Gasteiger partial charge in [-0.05, 0) is 31.2 Å². The van der Waals surface area contributed by atoms with Gasteiger partial charge in [-0.3, -0.25) is 4.98 Å². The van der Waals surface area contributed by atoms with Crippen molar-refractivity contribution in [3.05, 3.63) is 65.5 Å². The molecule has 1 aromatic carbocycles. The highest BCUT2D eigenvalue weighted by molar-refractivity contribution is 5.42. The number of aromatic nitrogens is 1. The van der Waals surface area contributed by atoms with Crippen LogP contribution in [-0.2, 0) is 0 Å². The molecule has 1 nitrogen and oxygen atoms in total. The quantitative estimate of drug-likeness (QED) is 0.586. The van der Waals surface area contributed by atoms with Gasteiger partial charge < -0.3 is 0 Å². The van der Waals surface area contributed by atoms with Crippen LogP contribution in [-0.4, -0.2) is 4.98 Å². The van der Waals surface area contributed by atoms with Gasteiger partial charge in [-0.15, -0.1) is 0 Å². The van der Waals surface area contributed by atoms with Gasteiger partial charge in [0, 0.05) is 23.0 Å². The summed E-state index contributed by atoms with van der Waals surface area (Å²) in [6, 6.07) is 13.9. The maximum Gasteiger partial charge on any atom is 0.0385 e. The lowest BCUT2D eigenvalue weighted by molar-refractivity contribution is 1.19. The molecule has 0 aliphatic carbocycles. The van der Waals surface area contributed by atoms with Crippen molar-refractivity contribution in [2.24, 2.45) is 0 Å². The van der Waals surface area contributed by atoms with E-state index in [1.54, 1.807) is 6.20 Å². The van der Waals surface area contributed by atoms with Crippen LogP contribution < -0.4 is 0 Å². The van der Waals surface area contributed by atoms with E-state index in [0.29, 0.717) is 0 Å². The summed E-state index contributed by atoms with van der Waals surface area (Å²) in [6.45, 7) is 1.97. The molecule has 2 rings (SSSR count). The molecule has 1 heteroatoms. The molecule has 0 radical (unpaired) electrons. The van der Waals surface area contributed by atoms with Crippen molar-refractivity contribution in [1.29, 1.82) is 0 Å². The first-order chi connectivity index (χ1) is 7.34. The van der Waals surface area contributed by atoms with Gasteiger partial charge in [-0.1, -0.05) is 30.0 Å². The molecule has 2 aromatic rings. The second-order valence-electron chi connectivity index (χ2n) is 3.30. The van der Waals surface area contributed by atoms with Gasteiger partial charge in [0.1, 0.15) is 0 Å². The first-order valence-electron chi connectivity index (χ1n) is 4.84. The second kappa shape index (κ2) is 4.43. The Balaban J connectivity index is 2.26. The molecular formula is C14H11N. The summed E-state index contributed by atoms with van der Waals surface area (Å²) in [5, 5.41) is 0. The average molecular weight is 193 g/mol. The third-order valence-corrected chi connectivity index (χ3v) is 2.02. The van der Waals surface area contributed by atoms with Crippen LogP contribution in [0.15, 0.2) is 48.7 Å². The first kappa shape index (κ1) is 9.48. The predicted octanol–water partition coefficient (Wildman–Crippen LogP) is 2.79. The van der Waals surface area contributed by atoms with E-state index >= 15 is 0 Å². The fourth-order valence-electron chi connectivity index (χ4n) is 1.29. The van der Waals surface area contributed by atoms with Crippen molar-refractivity contribution in [1.82, 2.24) is 4.98 Å². The Hall–Kier alpha value is -2.07. The van der Waals surface area contributed by atoms with Crippen LogP contribution in [0.1, 0.15) is 16.8 Å². The largest absolute Gasteiger partial charge is 0.262 e. The van der Waals surface area contributed by atoms with E-state index in [2.05, 4.69) is 16.8 Å². The number of rotatable bonds is 0. The Bertz CT molecular complexity index is 504. The van der Waals surface area contributed by atoms with E-state index in [9.17, 15) is 0 Å². The lowest BCUT2D eigenvalue weighted by Gasteiger charge is -1.91. The van der Waals surface area contributed by atoms with Gasteiger partial charge in [0.2, 0.25) is 0 Å². The fourth-order valence-corrected chi connectivity index (χ4v) is 1.29. The lowest BCUT2D eigenvalue weighted by atomic mass is 10.2. The van der Waals surface area contributed by atoms with Crippen molar-refractivity contribution in [3.8, 4) is 11.8 Å². The number of benzene rings is 1. The number of nitrogens with zero attached hydrogens (tertiary/aromatic N) is 1. The number of hydrogen-bond donors (Lipinski definition) is 0. The maximum atomic E-state index is 4.13. The Labute approximate surface area is 89.8 Å². The Morgan fingerprint density at radius 1 is 0.933 bits per heavy atom. The van der Waals surface area contributed by atoms with Crippen LogP contribution in [0.5, 0.6) is 0 Å². The van der Waals surface area contributed by atoms with Gasteiger partial charge in [-0.2, -0.15) is 0 Å². The van der Waals surface area contributed by atoms with Gasteiger partial charge in [-0.25, -0.2) is 0 Å². The highest BCUT2D eigenvalue weighted by Gasteiger charge is 1.88. The van der Waals surface area contributed by atoms with Gasteiger partial charge in [0.05, 0.1) is 0 Å². The van der Waals surface area contributed by atoms with Crippen molar-refractivity contribution < 1.29 is 0 Å². The minimum absolute atomic E-state index is 0.995. The van der Waals surface area contributed by atoms with Crippen molar-refractivity contribution in [2.45, 2.75) is 6.92 Å². The summed E-state index contributed by atoms with van der Waals surface area (Å²) >= 11 is 0. The lowest BCUT2D eigenvalue weighted by Crippen LogP contribution is -1.81. The molecule has 0 atom stereocenters. The Kier molecular flexibility index (Phi) is 2.80. The molecule has 0 N–H and O–H groups in total. The summed E-state index contributed by atoms with van der Waals surface area (Å²) in [7, 11) is 0. The molecule has 0 saturated carbocycles. The topological polar surface area (TPSA) is 12.9 Å². The van der Waals surface area contributed by atoms with Gasteiger partial charge in [0.15, 0.2) is 0 Å². The normalized spacial score (nSPS) is 9.13. The maximum absolute atomic E-state index is 4.13. The third-order valence-electron chi connectivity index (χ3n) is 2.02. The first-order valence-corrected chi connectivity index (χ1v) is 4.84. The molecular weight excluding hydrogens is 182 g/mol. The molecule has 0 spiro atoms. The molecule has 0 amide bonds. The minimum Gasteiger partial charge on any atom is -0.262 e. The van der Waals surface area contributed by atoms with Crippen molar-refractivity contribution >= 4 is 0 Å². The van der Waals surface area contributed by atoms with Gasteiger partial charge in [0.25, 0.3) is 0 Å². The molecule has 1 aromatic heterocycles. The van der Waals surface area contributed by atoms with E-state index in [1.165, 1.54) is 0 Å². The number of pyridine rings is 1. The number of hydrogen-bond acceptors (Lipinski definition) is 1. The molecule has 0 bridgehead atoms. The van der Waals surface area contributed by atoms with Crippen LogP contribution in [0, 0.1) is 18.8 Å². The second-order valence-corrected chi connectivity index (χ2v) is 3.30. The SMILES string of the molecule is Cc1cc(C#Cc2ccccc2)ccn1. The summed E-state index contributed by atoms with van der Waals surface area (Å²) in [5.41, 5.74) is 3.04. The number of aryl methyl sites for hydroxylation is 1. The average Bonchev–Trinajstić information content (AvgIpc) is 2.28. The zero-order valence-electron chi connectivity index (χ0n) is 8.57. The molecule has 0 saturated heterocycles. The Morgan fingerprint density at radius 2 is 1.67 bits per heavy atom. The van der Waals surface area contributed by atoms with Crippen LogP contribution in [0.2, 0.25) is 0 Å². The molecule has 0 unspecified atom stereocenters. The summed E-state index contributed by atoms with van der Waals surface area (Å²) < 4.78 is 0. The zero-order chi connectivity index (χ0) is 10.5. The smallest absolute Gasteiger partial charge is 0.0385 e. The van der Waals surface area contributed by atoms with Gasteiger partial charge >= 0.3 is 0 Å². The highest BCUT2D eigenvalue weighted by Crippen LogP contribution is 2.00. The van der Waals surface area contributed by atoms with Crippen LogP contribution in [0.3, 0.4) is 0 Å². The molecule has 0 aliphatic heterocycles. The molecule has 0 fully saturated rings. The third kappa shape index (κ3) is 2.69. The van der Waals surface area contributed by atoms with E-state index in [1.807, 2.05) is 49.4 Å². The standard InChI is InChI=1S/C14H11N/c1-12-11-14(9-10-15-12)8-7-13-5-3-2-4-6-13/h2-6,9-11H,1H3. The molecule has 1 heterocycles. The molecule has 72 valence electrons. The van der Waals surface area contributed by atoms with Crippen molar-refractivity contribution in [3.63, 3.8) is 0 Å². The molecule has 15 heavy (non-hydrogen) atoms. The monoisotopic (exact) mass is 193 g/mol. The van der Waals surface area contributed by atoms with Crippen LogP contribution >= 0.6 is 0 Å². The summed E-state index contributed by atoms with van der Waals surface area (Å²) in [5.74, 6) is 6.22. The minimum atomic E-state index is 0.995. The zero-order valence-corrected chi connectivity index (χ0v) is 8.57. The van der Waals surface area contributed by atoms with Crippen LogP contribution in [0.25, 0.3) is 0 Å². The summed E-state index contributed by atoms with van der Waals surface area (Å²) in [4.78, 5) is 4.13. The summed E-state index contributed by atoms with van der Waals surface area (Å²) in [6.07, 6.45) is 1.78. The van der Waals surface area contributed by atoms with Crippen LogP contribution in [0.4, 0.5) is 0 Å². The van der Waals surface area contributed by atoms with E-state index < -0.39 is 0 Å². The predicted molar refractivity (Wildman–Crippen MR) is 61.4 cm³/mol. The Morgan fingerprint density at radius 3 is 2.40 bits per heavy atom. The molecule has 0 aliphatic rings. The van der Waals surface area contributed by atoms with E-state index in [-0.39, 0.29) is 0 Å². The highest BCUT2D eigenvalue weighted by atomic mass is 14.6. The van der Waals surface area contributed by atoms with Crippen molar-refractivity contribution in [2.75, 3.05) is 0 Å². The van der Waals surface area contributed by atoms with E-state index in [4.69, 9.17) is 0 Å². The fraction of sp³-hybridized carbons (Fsp3) is 0.0714.